The number of ether oxygens (including phenoxy) is 1. The summed E-state index contributed by atoms with van der Waals surface area (Å²) in [6.07, 6.45) is 1.94. The number of hydrogen-bond donors (Lipinski definition) is 2. The predicted octanol–water partition coefficient (Wildman–Crippen LogP) is 0.678. The first-order valence-electron chi connectivity index (χ1n) is 7.52. The number of hydrogen-bond acceptors (Lipinski definition) is 5. The highest BCUT2D eigenvalue weighted by Crippen LogP contribution is 2.19. The molecule has 0 aliphatic carbocycles. The van der Waals surface area contributed by atoms with Crippen molar-refractivity contribution in [2.75, 3.05) is 26.3 Å². The summed E-state index contributed by atoms with van der Waals surface area (Å²) < 4.78 is 7.20. The number of morpholine rings is 1. The van der Waals surface area contributed by atoms with E-state index in [1.165, 1.54) is 6.07 Å². The number of aromatic nitrogens is 1. The van der Waals surface area contributed by atoms with E-state index in [2.05, 4.69) is 11.8 Å². The number of rotatable bonds is 6. The Balaban J connectivity index is 2.34. The van der Waals surface area contributed by atoms with Crippen molar-refractivity contribution in [3.63, 3.8) is 0 Å². The van der Waals surface area contributed by atoms with Gasteiger partial charge >= 0.3 is 0 Å². The molecule has 1 aromatic rings. The fraction of sp³-hybridized carbons (Fsp3) is 0.667. The van der Waals surface area contributed by atoms with Crippen LogP contribution in [0.2, 0.25) is 0 Å². The van der Waals surface area contributed by atoms with Gasteiger partial charge in [-0.25, -0.2) is 0 Å². The zero-order valence-corrected chi connectivity index (χ0v) is 12.5. The first kappa shape index (κ1) is 16.0. The van der Waals surface area contributed by atoms with Crippen LogP contribution in [0.3, 0.4) is 0 Å². The van der Waals surface area contributed by atoms with Crippen molar-refractivity contribution < 1.29 is 14.9 Å². The molecule has 0 amide bonds. The molecular formula is C15H24N2O4. The number of aliphatic hydroxyl groups excluding tert-OH is 1. The molecule has 1 aromatic heterocycles. The van der Waals surface area contributed by atoms with Gasteiger partial charge in [0.2, 0.25) is 5.43 Å². The van der Waals surface area contributed by atoms with Gasteiger partial charge in [-0.1, -0.05) is 13.3 Å². The van der Waals surface area contributed by atoms with E-state index in [0.29, 0.717) is 37.7 Å². The molecular weight excluding hydrogens is 272 g/mol. The van der Waals surface area contributed by atoms with Crippen molar-refractivity contribution >= 4 is 0 Å². The minimum atomic E-state index is -0.421. The van der Waals surface area contributed by atoms with Gasteiger partial charge in [0.05, 0.1) is 25.5 Å². The molecule has 1 fully saturated rings. The molecule has 6 heteroatoms. The fourth-order valence-corrected chi connectivity index (χ4v) is 2.60. The Morgan fingerprint density at radius 3 is 2.67 bits per heavy atom. The van der Waals surface area contributed by atoms with Gasteiger partial charge in [-0.05, 0) is 6.42 Å². The maximum atomic E-state index is 11.9. The standard InChI is InChI=1S/C15H24N2O4/c1-2-3-4-17-12(11-18)9-14(19)15(20)13(17)10-16-5-7-21-8-6-16/h9,18,20H,2-8,10-11H2,1H3. The summed E-state index contributed by atoms with van der Waals surface area (Å²) >= 11 is 0. The minimum Gasteiger partial charge on any atom is -0.503 e. The summed E-state index contributed by atoms with van der Waals surface area (Å²) in [5.41, 5.74) is 0.742. The van der Waals surface area contributed by atoms with Crippen LogP contribution in [0.4, 0.5) is 0 Å². The first-order chi connectivity index (χ1) is 10.2. The lowest BCUT2D eigenvalue weighted by molar-refractivity contribution is 0.0325. The molecule has 1 saturated heterocycles. The summed E-state index contributed by atoms with van der Waals surface area (Å²) in [7, 11) is 0. The number of unbranched alkanes of at least 4 members (excludes halogenated alkanes) is 1. The van der Waals surface area contributed by atoms with Crippen LogP contribution in [0.15, 0.2) is 10.9 Å². The Kier molecular flexibility index (Phi) is 5.78. The Hall–Kier alpha value is -1.37. The van der Waals surface area contributed by atoms with E-state index < -0.39 is 5.43 Å². The fourth-order valence-electron chi connectivity index (χ4n) is 2.60. The third-order valence-corrected chi connectivity index (χ3v) is 3.85. The summed E-state index contributed by atoms with van der Waals surface area (Å²) in [5, 5.41) is 19.6. The van der Waals surface area contributed by atoms with E-state index in [1.54, 1.807) is 0 Å². The summed E-state index contributed by atoms with van der Waals surface area (Å²) in [6, 6.07) is 1.33. The Bertz CT molecular complexity index is 521. The number of aliphatic hydroxyl groups is 1. The molecule has 6 nitrogen and oxygen atoms in total. The van der Waals surface area contributed by atoms with E-state index in [-0.39, 0.29) is 12.4 Å². The zero-order chi connectivity index (χ0) is 15.2. The van der Waals surface area contributed by atoms with E-state index >= 15 is 0 Å². The molecule has 0 radical (unpaired) electrons. The van der Waals surface area contributed by atoms with Crippen LogP contribution < -0.4 is 5.43 Å². The van der Waals surface area contributed by atoms with Crippen molar-refractivity contribution in [3.8, 4) is 5.75 Å². The highest BCUT2D eigenvalue weighted by molar-refractivity contribution is 5.30. The van der Waals surface area contributed by atoms with Gasteiger partial charge in [-0.15, -0.1) is 0 Å². The molecule has 2 rings (SSSR count). The average Bonchev–Trinajstić information content (AvgIpc) is 2.51. The van der Waals surface area contributed by atoms with Gasteiger partial charge < -0.3 is 19.5 Å². The van der Waals surface area contributed by atoms with Crippen LogP contribution in [0.1, 0.15) is 31.2 Å². The molecule has 0 unspecified atom stereocenters. The Morgan fingerprint density at radius 2 is 2.05 bits per heavy atom. The second-order valence-corrected chi connectivity index (χ2v) is 5.35. The van der Waals surface area contributed by atoms with Gasteiger partial charge in [0, 0.05) is 37.9 Å². The quantitative estimate of drug-likeness (QED) is 0.807. The van der Waals surface area contributed by atoms with E-state index in [4.69, 9.17) is 4.74 Å². The van der Waals surface area contributed by atoms with Crippen LogP contribution in [-0.4, -0.2) is 46.0 Å². The monoisotopic (exact) mass is 296 g/mol. The van der Waals surface area contributed by atoms with Crippen LogP contribution in [-0.2, 0) is 24.4 Å². The van der Waals surface area contributed by atoms with Gasteiger partial charge in [0.15, 0.2) is 5.75 Å². The summed E-state index contributed by atoms with van der Waals surface area (Å²) in [4.78, 5) is 14.0. The maximum absolute atomic E-state index is 11.9. The van der Waals surface area contributed by atoms with Crippen LogP contribution in [0.5, 0.6) is 5.75 Å². The minimum absolute atomic E-state index is 0.199. The van der Waals surface area contributed by atoms with E-state index in [1.807, 2.05) is 4.57 Å². The lowest BCUT2D eigenvalue weighted by atomic mass is 10.2. The topological polar surface area (TPSA) is 74.9 Å². The predicted molar refractivity (Wildman–Crippen MR) is 79.3 cm³/mol. The second kappa shape index (κ2) is 7.59. The highest BCUT2D eigenvalue weighted by atomic mass is 16.5. The van der Waals surface area contributed by atoms with E-state index in [0.717, 1.165) is 25.9 Å². The summed E-state index contributed by atoms with van der Waals surface area (Å²) in [6.45, 7) is 5.98. The second-order valence-electron chi connectivity index (χ2n) is 5.35. The molecule has 0 saturated carbocycles. The number of nitrogens with zero attached hydrogens (tertiary/aromatic N) is 2. The third-order valence-electron chi connectivity index (χ3n) is 3.85. The number of aromatic hydroxyl groups is 1. The van der Waals surface area contributed by atoms with Crippen molar-refractivity contribution in [1.29, 1.82) is 0 Å². The third kappa shape index (κ3) is 3.84. The SMILES string of the molecule is CCCCn1c(CO)cc(=O)c(O)c1CN1CCOCC1. The molecule has 2 heterocycles. The summed E-state index contributed by atoms with van der Waals surface area (Å²) in [5.74, 6) is -0.199. The Labute approximate surface area is 124 Å². The lowest BCUT2D eigenvalue weighted by Gasteiger charge is -2.28. The van der Waals surface area contributed by atoms with Gasteiger partial charge in [-0.3, -0.25) is 9.69 Å². The largest absolute Gasteiger partial charge is 0.503 e. The molecule has 0 atom stereocenters. The van der Waals surface area contributed by atoms with Gasteiger partial charge in [0.25, 0.3) is 0 Å². The highest BCUT2D eigenvalue weighted by Gasteiger charge is 2.19. The molecule has 0 aromatic carbocycles. The van der Waals surface area contributed by atoms with Crippen molar-refractivity contribution in [2.24, 2.45) is 0 Å². The molecule has 1 aliphatic rings. The van der Waals surface area contributed by atoms with E-state index in [9.17, 15) is 15.0 Å². The van der Waals surface area contributed by atoms with Crippen LogP contribution in [0, 0.1) is 0 Å². The molecule has 118 valence electrons. The van der Waals surface area contributed by atoms with Crippen LogP contribution >= 0.6 is 0 Å². The Morgan fingerprint density at radius 1 is 1.33 bits per heavy atom. The van der Waals surface area contributed by atoms with Gasteiger partial charge in [0.1, 0.15) is 0 Å². The van der Waals surface area contributed by atoms with Crippen molar-refractivity contribution in [1.82, 2.24) is 9.47 Å². The molecule has 2 N–H and O–H groups in total. The van der Waals surface area contributed by atoms with Crippen molar-refractivity contribution in [3.05, 3.63) is 27.7 Å². The molecule has 0 spiro atoms. The molecule has 1 aliphatic heterocycles. The molecule has 0 bridgehead atoms. The maximum Gasteiger partial charge on any atom is 0.223 e. The lowest BCUT2D eigenvalue weighted by Crippen LogP contribution is -2.37. The van der Waals surface area contributed by atoms with Gasteiger partial charge in [-0.2, -0.15) is 0 Å². The van der Waals surface area contributed by atoms with Crippen LogP contribution in [0.25, 0.3) is 0 Å². The zero-order valence-electron chi connectivity index (χ0n) is 12.5. The normalized spacial score (nSPS) is 16.3. The smallest absolute Gasteiger partial charge is 0.223 e. The first-order valence-corrected chi connectivity index (χ1v) is 7.52. The average molecular weight is 296 g/mol. The molecule has 21 heavy (non-hydrogen) atoms. The van der Waals surface area contributed by atoms with Crippen molar-refractivity contribution in [2.45, 2.75) is 39.5 Å². The number of pyridine rings is 1.